The summed E-state index contributed by atoms with van der Waals surface area (Å²) in [6.07, 6.45) is 4.41. The van der Waals surface area contributed by atoms with Crippen LogP contribution in [0.15, 0.2) is 12.1 Å². The second kappa shape index (κ2) is 4.91. The van der Waals surface area contributed by atoms with Gasteiger partial charge in [0.2, 0.25) is 0 Å². The number of hydrogen-bond donors (Lipinski definition) is 1. The number of nitrogens with one attached hydrogen (secondary N) is 1. The fourth-order valence-electron chi connectivity index (χ4n) is 1.51. The van der Waals surface area contributed by atoms with Gasteiger partial charge in [-0.25, -0.2) is 0 Å². The number of rotatable bonds is 5. The van der Waals surface area contributed by atoms with Crippen LogP contribution in [0, 0.1) is 0 Å². The molecule has 1 aromatic heterocycles. The molecule has 0 aromatic carbocycles. The van der Waals surface area contributed by atoms with Gasteiger partial charge in [0.1, 0.15) is 0 Å². The normalized spacial score (nSPS) is 16.9. The van der Waals surface area contributed by atoms with E-state index in [1.807, 2.05) is 18.4 Å². The fourth-order valence-corrected chi connectivity index (χ4v) is 2.46. The molecule has 78 valence electrons. The van der Waals surface area contributed by atoms with E-state index in [9.17, 15) is 0 Å². The smallest absolute Gasteiger partial charge is 0.0813 e. The van der Waals surface area contributed by atoms with Gasteiger partial charge in [0.15, 0.2) is 0 Å². The lowest BCUT2D eigenvalue weighted by molar-refractivity contribution is -0.00744. The van der Waals surface area contributed by atoms with Crippen LogP contribution in [0.3, 0.4) is 0 Å². The van der Waals surface area contributed by atoms with Gasteiger partial charge in [0.05, 0.1) is 12.7 Å². The third-order valence-electron chi connectivity index (χ3n) is 2.58. The molecule has 1 aliphatic carbocycles. The Balaban J connectivity index is 1.77. The zero-order chi connectivity index (χ0) is 9.80. The van der Waals surface area contributed by atoms with E-state index in [4.69, 9.17) is 4.74 Å². The molecule has 2 rings (SSSR count). The molecule has 1 aliphatic rings. The van der Waals surface area contributed by atoms with Gasteiger partial charge < -0.3 is 10.1 Å². The minimum absolute atomic E-state index is 0.546. The maximum atomic E-state index is 5.75. The maximum absolute atomic E-state index is 5.75. The van der Waals surface area contributed by atoms with Gasteiger partial charge in [-0.2, -0.15) is 0 Å². The highest BCUT2D eigenvalue weighted by Gasteiger charge is 2.17. The number of ether oxygens (including phenoxy) is 1. The number of thiophene rings is 1. The van der Waals surface area contributed by atoms with E-state index >= 15 is 0 Å². The highest BCUT2D eigenvalue weighted by atomic mass is 32.1. The Morgan fingerprint density at radius 3 is 2.86 bits per heavy atom. The van der Waals surface area contributed by atoms with Crippen molar-refractivity contribution in [3.63, 3.8) is 0 Å². The summed E-state index contributed by atoms with van der Waals surface area (Å²) in [5.41, 5.74) is 0. The van der Waals surface area contributed by atoms with Crippen molar-refractivity contribution >= 4 is 11.3 Å². The van der Waals surface area contributed by atoms with E-state index in [2.05, 4.69) is 17.4 Å². The standard InChI is InChI=1S/C11H17NOS/c1-12-7-10-5-6-11(14-10)8-13-9-3-2-4-9/h5-6,9,12H,2-4,7-8H2,1H3. The Morgan fingerprint density at radius 2 is 2.21 bits per heavy atom. The van der Waals surface area contributed by atoms with Crippen LogP contribution in [0.1, 0.15) is 29.0 Å². The van der Waals surface area contributed by atoms with Gasteiger partial charge in [-0.15, -0.1) is 11.3 Å². The zero-order valence-corrected chi connectivity index (χ0v) is 9.40. The van der Waals surface area contributed by atoms with E-state index in [1.54, 1.807) is 0 Å². The SMILES string of the molecule is CNCc1ccc(COC2CCC2)s1. The molecule has 1 heterocycles. The lowest BCUT2D eigenvalue weighted by Gasteiger charge is -2.25. The van der Waals surface area contributed by atoms with Gasteiger partial charge in [-0.1, -0.05) is 0 Å². The van der Waals surface area contributed by atoms with E-state index in [0.29, 0.717) is 6.10 Å². The molecule has 0 aliphatic heterocycles. The first kappa shape index (κ1) is 10.1. The van der Waals surface area contributed by atoms with Crippen LogP contribution in [0.25, 0.3) is 0 Å². The molecule has 1 saturated carbocycles. The molecule has 2 nitrogen and oxygen atoms in total. The van der Waals surface area contributed by atoms with Crippen molar-refractivity contribution in [2.45, 2.75) is 38.5 Å². The molecule has 1 fully saturated rings. The summed E-state index contributed by atoms with van der Waals surface area (Å²) in [6.45, 7) is 1.77. The second-order valence-corrected chi connectivity index (χ2v) is 5.02. The predicted octanol–water partition coefficient (Wildman–Crippen LogP) is 2.54. The van der Waals surface area contributed by atoms with E-state index in [0.717, 1.165) is 13.2 Å². The molecule has 14 heavy (non-hydrogen) atoms. The molecule has 1 aromatic rings. The summed E-state index contributed by atoms with van der Waals surface area (Å²) < 4.78 is 5.75. The highest BCUT2D eigenvalue weighted by molar-refractivity contribution is 7.11. The van der Waals surface area contributed by atoms with Crippen molar-refractivity contribution in [3.05, 3.63) is 21.9 Å². The van der Waals surface area contributed by atoms with Crippen molar-refractivity contribution in [1.82, 2.24) is 5.32 Å². The Bertz CT molecular complexity index is 281. The lowest BCUT2D eigenvalue weighted by atomic mass is 9.96. The fraction of sp³-hybridized carbons (Fsp3) is 0.636. The highest BCUT2D eigenvalue weighted by Crippen LogP contribution is 2.25. The Kier molecular flexibility index (Phi) is 3.56. The van der Waals surface area contributed by atoms with Crippen molar-refractivity contribution < 1.29 is 4.74 Å². The second-order valence-electron chi connectivity index (χ2n) is 3.76. The third kappa shape index (κ3) is 2.56. The van der Waals surface area contributed by atoms with Crippen LogP contribution in [-0.4, -0.2) is 13.2 Å². The molecule has 3 heteroatoms. The van der Waals surface area contributed by atoms with Gasteiger partial charge in [0, 0.05) is 16.3 Å². The van der Waals surface area contributed by atoms with Gasteiger partial charge in [0.25, 0.3) is 0 Å². The van der Waals surface area contributed by atoms with Crippen molar-refractivity contribution in [2.75, 3.05) is 7.05 Å². The summed E-state index contributed by atoms with van der Waals surface area (Å²) in [5.74, 6) is 0. The Hall–Kier alpha value is -0.380. The lowest BCUT2D eigenvalue weighted by Crippen LogP contribution is -2.20. The first-order chi connectivity index (χ1) is 6.88. The van der Waals surface area contributed by atoms with E-state index in [1.165, 1.54) is 29.0 Å². The summed E-state index contributed by atoms with van der Waals surface area (Å²) in [7, 11) is 1.98. The van der Waals surface area contributed by atoms with Crippen LogP contribution in [-0.2, 0) is 17.9 Å². The summed E-state index contributed by atoms with van der Waals surface area (Å²) in [6, 6.07) is 4.36. The predicted molar refractivity (Wildman–Crippen MR) is 59.5 cm³/mol. The molecule has 0 amide bonds. The van der Waals surface area contributed by atoms with Gasteiger partial charge in [-0.05, 0) is 38.4 Å². The van der Waals surface area contributed by atoms with Gasteiger partial charge in [-0.3, -0.25) is 0 Å². The molecular weight excluding hydrogens is 194 g/mol. The quantitative estimate of drug-likeness (QED) is 0.808. The molecule has 0 saturated heterocycles. The molecule has 0 bridgehead atoms. The van der Waals surface area contributed by atoms with Crippen LogP contribution in [0.5, 0.6) is 0 Å². The Morgan fingerprint density at radius 1 is 1.43 bits per heavy atom. The first-order valence-corrected chi connectivity index (χ1v) is 6.04. The minimum Gasteiger partial charge on any atom is -0.373 e. The van der Waals surface area contributed by atoms with Crippen LogP contribution in [0.4, 0.5) is 0 Å². The van der Waals surface area contributed by atoms with Crippen LogP contribution < -0.4 is 5.32 Å². The summed E-state index contributed by atoms with van der Waals surface area (Å²) in [4.78, 5) is 2.74. The molecule has 0 atom stereocenters. The minimum atomic E-state index is 0.546. The maximum Gasteiger partial charge on any atom is 0.0813 e. The van der Waals surface area contributed by atoms with Crippen LogP contribution >= 0.6 is 11.3 Å². The average molecular weight is 211 g/mol. The third-order valence-corrected chi connectivity index (χ3v) is 3.64. The molecule has 0 radical (unpaired) electrons. The Labute approximate surface area is 89.3 Å². The van der Waals surface area contributed by atoms with E-state index < -0.39 is 0 Å². The van der Waals surface area contributed by atoms with Crippen molar-refractivity contribution in [1.29, 1.82) is 0 Å². The molecule has 0 unspecified atom stereocenters. The summed E-state index contributed by atoms with van der Waals surface area (Å²) >= 11 is 1.85. The van der Waals surface area contributed by atoms with Crippen LogP contribution in [0.2, 0.25) is 0 Å². The van der Waals surface area contributed by atoms with Gasteiger partial charge >= 0.3 is 0 Å². The van der Waals surface area contributed by atoms with Crippen molar-refractivity contribution in [3.8, 4) is 0 Å². The summed E-state index contributed by atoms with van der Waals surface area (Å²) in [5, 5.41) is 3.15. The topological polar surface area (TPSA) is 21.3 Å². The zero-order valence-electron chi connectivity index (χ0n) is 8.58. The molecule has 1 N–H and O–H groups in total. The monoisotopic (exact) mass is 211 g/mol. The number of hydrogen-bond acceptors (Lipinski definition) is 3. The van der Waals surface area contributed by atoms with Crippen molar-refractivity contribution in [2.24, 2.45) is 0 Å². The largest absolute Gasteiger partial charge is 0.373 e. The molecular formula is C11H17NOS. The van der Waals surface area contributed by atoms with E-state index in [-0.39, 0.29) is 0 Å². The molecule has 0 spiro atoms. The first-order valence-electron chi connectivity index (χ1n) is 5.22. The average Bonchev–Trinajstić information content (AvgIpc) is 2.51.